The van der Waals surface area contributed by atoms with E-state index >= 15 is 0 Å². The molecule has 3 aromatic heterocycles. The van der Waals surface area contributed by atoms with Crippen molar-refractivity contribution in [3.63, 3.8) is 0 Å². The first-order chi connectivity index (χ1) is 14.7. The van der Waals surface area contributed by atoms with Crippen molar-refractivity contribution in [3.8, 4) is 0 Å². The van der Waals surface area contributed by atoms with Gasteiger partial charge in [-0.3, -0.25) is 14.2 Å². The highest BCUT2D eigenvalue weighted by Crippen LogP contribution is 2.21. The first-order valence-corrected chi connectivity index (χ1v) is 9.42. The lowest BCUT2D eigenvalue weighted by Gasteiger charge is -2.20. The van der Waals surface area contributed by atoms with Gasteiger partial charge in [-0.2, -0.15) is 0 Å². The monoisotopic (exact) mass is 423 g/mol. The minimum atomic E-state index is -0.840. The van der Waals surface area contributed by atoms with Gasteiger partial charge >= 0.3 is 0 Å². The van der Waals surface area contributed by atoms with E-state index in [4.69, 9.17) is 5.73 Å². The lowest BCUT2D eigenvalue weighted by molar-refractivity contribution is 0.0978. The van der Waals surface area contributed by atoms with Crippen LogP contribution in [0.15, 0.2) is 53.3 Å². The number of amides is 1. The zero-order valence-corrected chi connectivity index (χ0v) is 16.8. The van der Waals surface area contributed by atoms with Gasteiger partial charge in [-0.25, -0.2) is 13.8 Å². The zero-order chi connectivity index (χ0) is 22.3. The van der Waals surface area contributed by atoms with Gasteiger partial charge in [-0.05, 0) is 55.0 Å². The lowest BCUT2D eigenvalue weighted by atomic mass is 10.2. The number of hydrogen-bond acceptors (Lipinski definition) is 4. The summed E-state index contributed by atoms with van der Waals surface area (Å²) >= 11 is 0. The van der Waals surface area contributed by atoms with Crippen LogP contribution in [-0.2, 0) is 6.54 Å². The minimum absolute atomic E-state index is 0.0791. The number of nitrogens with one attached hydrogen (secondary N) is 1. The molecule has 4 rings (SSSR count). The molecule has 0 unspecified atom stereocenters. The second kappa shape index (κ2) is 7.67. The third kappa shape index (κ3) is 3.77. The Morgan fingerprint density at radius 2 is 1.87 bits per heavy atom. The van der Waals surface area contributed by atoms with Crippen LogP contribution in [0.1, 0.15) is 21.7 Å². The van der Waals surface area contributed by atoms with Crippen molar-refractivity contribution in [2.45, 2.75) is 13.5 Å². The maximum Gasteiger partial charge on any atom is 0.277 e. The molecule has 0 saturated carbocycles. The number of fused-ring (bicyclic) bond motifs is 1. The summed E-state index contributed by atoms with van der Waals surface area (Å²) in [6.07, 6.45) is 0. The van der Waals surface area contributed by atoms with E-state index in [0.29, 0.717) is 28.2 Å². The van der Waals surface area contributed by atoms with Crippen molar-refractivity contribution in [2.75, 3.05) is 17.7 Å². The largest absolute Gasteiger partial charge is 0.383 e. The van der Waals surface area contributed by atoms with Gasteiger partial charge in [0.25, 0.3) is 11.5 Å². The second-order valence-corrected chi connectivity index (χ2v) is 7.21. The van der Waals surface area contributed by atoms with Gasteiger partial charge in [0.2, 0.25) is 0 Å². The van der Waals surface area contributed by atoms with Crippen LogP contribution in [0.25, 0.3) is 11.0 Å². The number of halogens is 2. The molecular formula is C22H19F2N5O2. The molecule has 4 aromatic rings. The fraction of sp³-hybridized carbons (Fsp3) is 0.136. The molecule has 31 heavy (non-hydrogen) atoms. The Bertz CT molecular complexity index is 1320. The average Bonchev–Trinajstić information content (AvgIpc) is 3.12. The molecule has 9 heteroatoms. The number of aromatic amines is 1. The fourth-order valence-corrected chi connectivity index (χ4v) is 3.35. The third-order valence-corrected chi connectivity index (χ3v) is 5.07. The number of H-pyrrole nitrogens is 1. The van der Waals surface area contributed by atoms with Crippen LogP contribution in [0.4, 0.5) is 20.3 Å². The minimum Gasteiger partial charge on any atom is -0.383 e. The summed E-state index contributed by atoms with van der Waals surface area (Å²) in [6.45, 7) is 1.74. The van der Waals surface area contributed by atoms with E-state index < -0.39 is 28.8 Å². The van der Waals surface area contributed by atoms with Crippen molar-refractivity contribution in [2.24, 2.45) is 0 Å². The number of aromatic nitrogens is 3. The van der Waals surface area contributed by atoms with Crippen molar-refractivity contribution in [1.82, 2.24) is 14.5 Å². The molecule has 0 aliphatic rings. The highest BCUT2D eigenvalue weighted by molar-refractivity contribution is 6.04. The van der Waals surface area contributed by atoms with Crippen LogP contribution < -0.4 is 16.2 Å². The quantitative estimate of drug-likeness (QED) is 0.527. The molecule has 0 bridgehead atoms. The van der Waals surface area contributed by atoms with Gasteiger partial charge in [-0.1, -0.05) is 0 Å². The van der Waals surface area contributed by atoms with Crippen molar-refractivity contribution in [3.05, 3.63) is 87.5 Å². The molecule has 0 fully saturated rings. The molecule has 0 radical (unpaired) electrons. The molecular weight excluding hydrogens is 404 g/mol. The Morgan fingerprint density at radius 3 is 2.58 bits per heavy atom. The number of anilines is 2. The maximum atomic E-state index is 14.7. The molecule has 3 heterocycles. The summed E-state index contributed by atoms with van der Waals surface area (Å²) in [6, 6.07) is 10.7. The number of carbonyl (C=O) groups excluding carboxylic acids is 1. The Morgan fingerprint density at radius 1 is 1.16 bits per heavy atom. The third-order valence-electron chi connectivity index (χ3n) is 5.07. The van der Waals surface area contributed by atoms with E-state index in [0.717, 1.165) is 27.2 Å². The van der Waals surface area contributed by atoms with Gasteiger partial charge in [-0.15, -0.1) is 0 Å². The first kappa shape index (κ1) is 20.3. The normalized spacial score (nSPS) is 11.1. The number of nitrogens with zero attached hydrogens (tertiary/aromatic N) is 3. The lowest BCUT2D eigenvalue weighted by Crippen LogP contribution is -2.35. The van der Waals surface area contributed by atoms with Gasteiger partial charge in [0.1, 0.15) is 17.3 Å². The summed E-state index contributed by atoms with van der Waals surface area (Å²) in [7, 11) is 1.43. The van der Waals surface area contributed by atoms with E-state index in [-0.39, 0.29) is 6.54 Å². The molecule has 1 aromatic carbocycles. The van der Waals surface area contributed by atoms with Gasteiger partial charge < -0.3 is 15.6 Å². The van der Waals surface area contributed by atoms with Crippen LogP contribution in [0.5, 0.6) is 0 Å². The maximum absolute atomic E-state index is 14.7. The molecule has 0 spiro atoms. The molecule has 0 saturated heterocycles. The van der Waals surface area contributed by atoms with Gasteiger partial charge in [0.05, 0.1) is 17.6 Å². The number of benzene rings is 1. The molecule has 0 atom stereocenters. The number of nitrogen functional groups attached to an aromatic ring is 1. The number of carbonyl (C=O) groups is 1. The summed E-state index contributed by atoms with van der Waals surface area (Å²) in [4.78, 5) is 34.2. The average molecular weight is 423 g/mol. The Kier molecular flexibility index (Phi) is 5.02. The number of rotatable bonds is 4. The zero-order valence-electron chi connectivity index (χ0n) is 16.8. The number of nitrogens with two attached hydrogens (primary N) is 1. The molecule has 0 aliphatic carbocycles. The van der Waals surface area contributed by atoms with E-state index in [1.165, 1.54) is 31.3 Å². The molecule has 0 aliphatic heterocycles. The van der Waals surface area contributed by atoms with E-state index in [1.54, 1.807) is 6.07 Å². The molecule has 7 nitrogen and oxygen atoms in total. The molecule has 1 amide bonds. The van der Waals surface area contributed by atoms with E-state index in [2.05, 4.69) is 9.97 Å². The van der Waals surface area contributed by atoms with Crippen LogP contribution in [-0.4, -0.2) is 27.5 Å². The van der Waals surface area contributed by atoms with E-state index in [1.807, 2.05) is 13.0 Å². The predicted octanol–water partition coefficient (Wildman–Crippen LogP) is 3.22. The summed E-state index contributed by atoms with van der Waals surface area (Å²) < 4.78 is 29.0. The fourth-order valence-electron chi connectivity index (χ4n) is 3.35. The van der Waals surface area contributed by atoms with E-state index in [9.17, 15) is 18.4 Å². The Balaban J connectivity index is 1.75. The topological polar surface area (TPSA) is 97.0 Å². The van der Waals surface area contributed by atoms with Crippen LogP contribution >= 0.6 is 0 Å². The Labute approximate surface area is 175 Å². The summed E-state index contributed by atoms with van der Waals surface area (Å²) in [5.41, 5.74) is 7.92. The van der Waals surface area contributed by atoms with Crippen LogP contribution in [0.3, 0.4) is 0 Å². The molecule has 3 N–H and O–H groups in total. The highest BCUT2D eigenvalue weighted by Gasteiger charge is 2.23. The van der Waals surface area contributed by atoms with Crippen molar-refractivity contribution < 1.29 is 13.6 Å². The van der Waals surface area contributed by atoms with Gasteiger partial charge in [0, 0.05) is 24.5 Å². The summed E-state index contributed by atoms with van der Waals surface area (Å²) in [5, 5.41) is 0. The number of pyridine rings is 2. The number of aryl methyl sites for hydroxylation is 1. The van der Waals surface area contributed by atoms with Crippen molar-refractivity contribution in [1.29, 1.82) is 0 Å². The summed E-state index contributed by atoms with van der Waals surface area (Å²) in [5.74, 6) is -1.66. The van der Waals surface area contributed by atoms with Crippen LogP contribution in [0.2, 0.25) is 0 Å². The van der Waals surface area contributed by atoms with Gasteiger partial charge in [0.15, 0.2) is 5.82 Å². The van der Waals surface area contributed by atoms with Crippen molar-refractivity contribution >= 4 is 28.4 Å². The smallest absolute Gasteiger partial charge is 0.277 e. The SMILES string of the molecule is Cc1cc2[nH]c(Cn3c(C(=O)N(C)c4ccc(F)cc4)c(F)ccc3=O)cc2nc1N. The highest BCUT2D eigenvalue weighted by atomic mass is 19.1. The number of hydrogen-bond donors (Lipinski definition) is 2. The predicted molar refractivity (Wildman–Crippen MR) is 114 cm³/mol. The second-order valence-electron chi connectivity index (χ2n) is 7.21. The molecule has 158 valence electrons. The Hall–Kier alpha value is -4.01. The van der Waals surface area contributed by atoms with Crippen LogP contribution in [0, 0.1) is 18.6 Å². The standard InChI is InChI=1S/C22H19F2N5O2/c1-12-9-17-18(27-21(12)25)10-14(26-17)11-29-19(30)8-7-16(24)20(29)22(31)28(2)15-5-3-13(23)4-6-15/h3-10,26H,11H2,1-2H3,(H2,25,27). The first-order valence-electron chi connectivity index (χ1n) is 9.42.